The molecule has 0 saturated heterocycles. The van der Waals surface area contributed by atoms with Gasteiger partial charge in [-0.05, 0) is 55.6 Å². The van der Waals surface area contributed by atoms with Crippen LogP contribution in [0.2, 0.25) is 0 Å². The van der Waals surface area contributed by atoms with Gasteiger partial charge in [-0.2, -0.15) is 5.10 Å². The first kappa shape index (κ1) is 19.0. The standard InChI is InChI=1S/C16H13Br3N2O3/c1-24-13-7-12(18)15(19)11(16(13)23)8-20-21-14(22)6-9-2-4-10(17)5-3-9/h2-5,7-8,23H,6H2,1H3,(H,21,22). The van der Waals surface area contributed by atoms with Gasteiger partial charge in [-0.15, -0.1) is 0 Å². The highest BCUT2D eigenvalue weighted by atomic mass is 79.9. The summed E-state index contributed by atoms with van der Waals surface area (Å²) in [4.78, 5) is 11.9. The highest BCUT2D eigenvalue weighted by Gasteiger charge is 2.14. The Labute approximate surface area is 164 Å². The van der Waals surface area contributed by atoms with Gasteiger partial charge in [0.15, 0.2) is 11.5 Å². The maximum Gasteiger partial charge on any atom is 0.244 e. The lowest BCUT2D eigenvalue weighted by Crippen LogP contribution is -2.19. The molecule has 0 bridgehead atoms. The van der Waals surface area contributed by atoms with Crippen molar-refractivity contribution >= 4 is 59.9 Å². The lowest BCUT2D eigenvalue weighted by Gasteiger charge is -2.09. The third-order valence-corrected chi connectivity index (χ3v) is 5.61. The average Bonchev–Trinajstić information content (AvgIpc) is 2.56. The number of phenolic OH excluding ortho intramolecular Hbond substituents is 1. The number of carbonyl (C=O) groups excluding carboxylic acids is 1. The van der Waals surface area contributed by atoms with Crippen LogP contribution in [0.3, 0.4) is 0 Å². The van der Waals surface area contributed by atoms with Crippen LogP contribution in [0.1, 0.15) is 11.1 Å². The van der Waals surface area contributed by atoms with Crippen molar-refractivity contribution in [1.82, 2.24) is 5.43 Å². The molecule has 0 aliphatic heterocycles. The normalized spacial score (nSPS) is 10.8. The van der Waals surface area contributed by atoms with Gasteiger partial charge in [0, 0.05) is 13.4 Å². The van der Waals surface area contributed by atoms with Crippen molar-refractivity contribution in [2.75, 3.05) is 7.11 Å². The number of rotatable bonds is 5. The molecule has 0 saturated carbocycles. The van der Waals surface area contributed by atoms with E-state index in [1.807, 2.05) is 24.3 Å². The number of nitrogens with zero attached hydrogens (tertiary/aromatic N) is 1. The summed E-state index contributed by atoms with van der Waals surface area (Å²) in [6.45, 7) is 0. The van der Waals surface area contributed by atoms with Crippen LogP contribution in [0, 0.1) is 0 Å². The molecular formula is C16H13Br3N2O3. The summed E-state index contributed by atoms with van der Waals surface area (Å²) >= 11 is 10.0. The fourth-order valence-electron chi connectivity index (χ4n) is 1.88. The molecule has 2 aromatic rings. The Hall–Kier alpha value is -1.38. The molecule has 1 amide bonds. The number of hydrogen-bond donors (Lipinski definition) is 2. The molecule has 0 aliphatic carbocycles. The van der Waals surface area contributed by atoms with Crippen LogP contribution in [0.5, 0.6) is 11.5 Å². The number of amides is 1. The van der Waals surface area contributed by atoms with Gasteiger partial charge in [0.1, 0.15) is 0 Å². The Balaban J connectivity index is 2.07. The van der Waals surface area contributed by atoms with Gasteiger partial charge < -0.3 is 9.84 Å². The van der Waals surface area contributed by atoms with Crippen LogP contribution in [0.25, 0.3) is 0 Å². The maximum atomic E-state index is 11.9. The van der Waals surface area contributed by atoms with Crippen molar-refractivity contribution in [3.8, 4) is 11.5 Å². The van der Waals surface area contributed by atoms with Crippen LogP contribution < -0.4 is 10.2 Å². The lowest BCUT2D eigenvalue weighted by atomic mass is 10.1. The minimum atomic E-state index is -0.258. The first-order valence-electron chi connectivity index (χ1n) is 6.73. The first-order chi connectivity index (χ1) is 11.4. The first-order valence-corrected chi connectivity index (χ1v) is 9.11. The zero-order valence-electron chi connectivity index (χ0n) is 12.5. The summed E-state index contributed by atoms with van der Waals surface area (Å²) < 4.78 is 7.33. The molecule has 0 fully saturated rings. The molecular weight excluding hydrogens is 508 g/mol. The fraction of sp³-hybridized carbons (Fsp3) is 0.125. The zero-order chi connectivity index (χ0) is 17.7. The Morgan fingerprint density at radius 3 is 2.58 bits per heavy atom. The second-order valence-electron chi connectivity index (χ2n) is 4.73. The molecule has 5 nitrogen and oxygen atoms in total. The zero-order valence-corrected chi connectivity index (χ0v) is 17.3. The number of benzene rings is 2. The minimum absolute atomic E-state index is 0.0708. The Morgan fingerprint density at radius 1 is 1.29 bits per heavy atom. The Morgan fingerprint density at radius 2 is 1.96 bits per heavy atom. The van der Waals surface area contributed by atoms with Crippen LogP contribution >= 0.6 is 47.8 Å². The molecule has 126 valence electrons. The summed E-state index contributed by atoms with van der Waals surface area (Å²) in [5.74, 6) is -0.0302. The number of phenols is 1. The van der Waals surface area contributed by atoms with Crippen molar-refractivity contribution < 1.29 is 14.6 Å². The van der Waals surface area contributed by atoms with E-state index in [-0.39, 0.29) is 18.1 Å². The Kier molecular flexibility index (Phi) is 6.82. The van der Waals surface area contributed by atoms with Gasteiger partial charge in [0.25, 0.3) is 0 Å². The fourth-order valence-corrected chi connectivity index (χ4v) is 2.97. The van der Waals surface area contributed by atoms with E-state index in [0.717, 1.165) is 10.0 Å². The number of hydrazone groups is 1. The number of carbonyl (C=O) groups is 1. The van der Waals surface area contributed by atoms with Crippen LogP contribution in [-0.4, -0.2) is 24.3 Å². The predicted octanol–water partition coefficient (Wildman–Crippen LogP) is 4.38. The van der Waals surface area contributed by atoms with Crippen molar-refractivity contribution in [3.05, 3.63) is 54.9 Å². The van der Waals surface area contributed by atoms with E-state index in [0.29, 0.717) is 20.3 Å². The molecule has 0 aliphatic rings. The monoisotopic (exact) mass is 518 g/mol. The average molecular weight is 521 g/mol. The van der Waals surface area contributed by atoms with Crippen LogP contribution in [-0.2, 0) is 11.2 Å². The van der Waals surface area contributed by atoms with E-state index in [2.05, 4.69) is 58.3 Å². The molecule has 0 spiro atoms. The smallest absolute Gasteiger partial charge is 0.244 e. The summed E-state index contributed by atoms with van der Waals surface area (Å²) in [6.07, 6.45) is 1.56. The Bertz CT molecular complexity index is 777. The maximum absolute atomic E-state index is 11.9. The van der Waals surface area contributed by atoms with Gasteiger partial charge in [-0.25, -0.2) is 5.43 Å². The molecule has 0 heterocycles. The molecule has 0 unspecified atom stereocenters. The second-order valence-corrected chi connectivity index (χ2v) is 7.30. The topological polar surface area (TPSA) is 70.9 Å². The van der Waals surface area contributed by atoms with E-state index in [1.165, 1.54) is 13.3 Å². The van der Waals surface area contributed by atoms with Gasteiger partial charge in [-0.1, -0.05) is 28.1 Å². The quantitative estimate of drug-likeness (QED) is 0.454. The molecule has 2 rings (SSSR count). The van der Waals surface area contributed by atoms with Crippen LogP contribution in [0.4, 0.5) is 0 Å². The van der Waals surface area contributed by atoms with E-state index < -0.39 is 0 Å². The number of hydrogen-bond acceptors (Lipinski definition) is 4. The summed E-state index contributed by atoms with van der Waals surface area (Å²) in [5.41, 5.74) is 3.70. The van der Waals surface area contributed by atoms with Gasteiger partial charge in [-0.3, -0.25) is 4.79 Å². The van der Waals surface area contributed by atoms with Crippen molar-refractivity contribution in [3.63, 3.8) is 0 Å². The van der Waals surface area contributed by atoms with Gasteiger partial charge >= 0.3 is 0 Å². The van der Waals surface area contributed by atoms with Crippen molar-refractivity contribution in [2.24, 2.45) is 5.10 Å². The second kappa shape index (κ2) is 8.64. The van der Waals surface area contributed by atoms with Gasteiger partial charge in [0.05, 0.1) is 25.3 Å². The third kappa shape index (κ3) is 4.81. The van der Waals surface area contributed by atoms with E-state index in [9.17, 15) is 9.90 Å². The predicted molar refractivity (Wildman–Crippen MR) is 104 cm³/mol. The van der Waals surface area contributed by atoms with E-state index >= 15 is 0 Å². The summed E-state index contributed by atoms with van der Waals surface area (Å²) in [5, 5.41) is 14.0. The van der Waals surface area contributed by atoms with Crippen LogP contribution in [0.15, 0.2) is 48.9 Å². The molecule has 2 aromatic carbocycles. The number of nitrogens with one attached hydrogen (secondary N) is 1. The highest BCUT2D eigenvalue weighted by Crippen LogP contribution is 2.39. The number of aromatic hydroxyl groups is 1. The van der Waals surface area contributed by atoms with E-state index in [4.69, 9.17) is 4.74 Å². The molecule has 0 radical (unpaired) electrons. The molecule has 0 atom stereocenters. The molecule has 8 heteroatoms. The van der Waals surface area contributed by atoms with Crippen molar-refractivity contribution in [1.29, 1.82) is 0 Å². The van der Waals surface area contributed by atoms with Gasteiger partial charge in [0.2, 0.25) is 5.91 Å². The number of methoxy groups -OCH3 is 1. The molecule has 2 N–H and O–H groups in total. The van der Waals surface area contributed by atoms with E-state index in [1.54, 1.807) is 6.07 Å². The molecule has 0 aromatic heterocycles. The summed E-state index contributed by atoms with van der Waals surface area (Å²) in [6, 6.07) is 9.08. The lowest BCUT2D eigenvalue weighted by molar-refractivity contribution is -0.120. The largest absolute Gasteiger partial charge is 0.504 e. The minimum Gasteiger partial charge on any atom is -0.504 e. The highest BCUT2D eigenvalue weighted by molar-refractivity contribution is 9.13. The number of ether oxygens (including phenoxy) is 1. The summed E-state index contributed by atoms with van der Waals surface area (Å²) in [7, 11) is 1.45. The molecule has 24 heavy (non-hydrogen) atoms. The van der Waals surface area contributed by atoms with Crippen molar-refractivity contribution in [2.45, 2.75) is 6.42 Å². The number of halogens is 3. The SMILES string of the molecule is COc1cc(Br)c(Br)c(C=NNC(=O)Cc2ccc(Br)cc2)c1O. The third-order valence-electron chi connectivity index (χ3n) is 3.07.